The summed E-state index contributed by atoms with van der Waals surface area (Å²) >= 11 is 12.9. The first-order valence-corrected chi connectivity index (χ1v) is 18.0. The van der Waals surface area contributed by atoms with Crippen LogP contribution in [0.4, 0.5) is 0 Å². The molecule has 1 aromatic carbocycles. The first-order chi connectivity index (χ1) is 5.09. The van der Waals surface area contributed by atoms with Gasteiger partial charge in [0.25, 0.3) is 0 Å². The van der Waals surface area contributed by atoms with Crippen molar-refractivity contribution in [3.63, 3.8) is 0 Å². The molecule has 0 saturated heterocycles. The Kier molecular flexibility index (Phi) is 4.00. The molecule has 0 bridgehead atoms. The molecule has 0 radical (unpaired) electrons. The Morgan fingerprint density at radius 1 is 0.750 bits per heavy atom. The Morgan fingerprint density at radius 3 is 1.42 bits per heavy atom. The minimum absolute atomic E-state index is 1.42. The van der Waals surface area contributed by atoms with Crippen LogP contribution in [0.1, 0.15) is 0 Å². The molecule has 1 rings (SSSR count). The standard InChI is InChI=1S/C6H5I5S/c7-12(8,9,10,11)6-4-2-1-3-5-6/h1-5H. The molecule has 0 heterocycles. The predicted octanol–water partition coefficient (Wildman–Crippen LogP) is 6.67. The molecule has 0 aromatic heterocycles. The van der Waals surface area contributed by atoms with Crippen molar-refractivity contribution < 1.29 is 0 Å². The first-order valence-electron chi connectivity index (χ1n) is 2.89. The predicted molar refractivity (Wildman–Crippen MR) is 102 cm³/mol. The summed E-state index contributed by atoms with van der Waals surface area (Å²) in [7, 11) is 0. The molecule has 0 atom stereocenters. The maximum absolute atomic E-state index is 2.58. The van der Waals surface area contributed by atoms with Crippen LogP contribution < -0.4 is 0 Å². The van der Waals surface area contributed by atoms with Crippen molar-refractivity contribution in [1.82, 2.24) is 0 Å². The Morgan fingerprint density at radius 2 is 1.17 bits per heavy atom. The Bertz CT molecular complexity index is 285. The maximum Gasteiger partial charge on any atom is 0.0161 e. The average Bonchev–Trinajstić information content (AvgIpc) is 1.85. The molecule has 0 aliphatic rings. The Balaban J connectivity index is 3.36. The van der Waals surface area contributed by atoms with Gasteiger partial charge in [0.1, 0.15) is 0 Å². The van der Waals surface area contributed by atoms with Gasteiger partial charge in [-0.3, -0.25) is 0 Å². The minimum Gasteiger partial charge on any atom is -0.0622 e. The number of hydrogen-bond donors (Lipinski definition) is 0. The fourth-order valence-electron chi connectivity index (χ4n) is 0.678. The lowest BCUT2D eigenvalue weighted by atomic mass is 10.4. The molecule has 0 aliphatic heterocycles. The van der Waals surface area contributed by atoms with Crippen molar-refractivity contribution in [3.05, 3.63) is 30.3 Å². The number of hydrogen-bond acceptors (Lipinski definition) is 0. The molecule has 0 N–H and O–H groups in total. The average molecular weight is 744 g/mol. The molecule has 70 valence electrons. The summed E-state index contributed by atoms with van der Waals surface area (Å²) in [6.07, 6.45) is 0. The number of halogens is 5. The molecule has 0 spiro atoms. The third-order valence-electron chi connectivity index (χ3n) is 1.19. The van der Waals surface area contributed by atoms with E-state index in [2.05, 4.69) is 136 Å². The maximum atomic E-state index is 2.58. The van der Waals surface area contributed by atoms with E-state index >= 15 is 0 Å². The van der Waals surface area contributed by atoms with Crippen molar-refractivity contribution in [2.75, 3.05) is 0 Å². The van der Waals surface area contributed by atoms with Crippen LogP contribution in [0, 0.1) is 0 Å². The summed E-state index contributed by atoms with van der Waals surface area (Å²) in [6, 6.07) is 10.7. The van der Waals surface area contributed by atoms with E-state index in [4.69, 9.17) is 0 Å². The van der Waals surface area contributed by atoms with Gasteiger partial charge in [-0.05, 0) is 112 Å². The van der Waals surface area contributed by atoms with E-state index in [1.54, 1.807) is 0 Å². The first kappa shape index (κ1) is 13.3. The zero-order valence-corrected chi connectivity index (χ0v) is 17.3. The minimum atomic E-state index is -2.08. The lowest BCUT2D eigenvalue weighted by molar-refractivity contribution is 1.48. The van der Waals surface area contributed by atoms with Crippen molar-refractivity contribution in [1.29, 1.82) is 0 Å². The quantitative estimate of drug-likeness (QED) is 0.282. The number of benzene rings is 1. The van der Waals surface area contributed by atoms with Crippen molar-refractivity contribution in [3.8, 4) is 0 Å². The highest BCUT2D eigenvalue weighted by atomic mass is 127. The van der Waals surface area contributed by atoms with Gasteiger partial charge in [0, 0.05) is 4.90 Å². The Labute approximate surface area is 132 Å². The lowest BCUT2D eigenvalue weighted by Gasteiger charge is -2.53. The van der Waals surface area contributed by atoms with Gasteiger partial charge in [-0.1, -0.05) is 18.2 Å². The van der Waals surface area contributed by atoms with Crippen LogP contribution in [-0.4, -0.2) is 0 Å². The molecule has 12 heavy (non-hydrogen) atoms. The summed E-state index contributed by atoms with van der Waals surface area (Å²) in [5, 5.41) is 0. The molecule has 0 aliphatic carbocycles. The second-order valence-corrected chi connectivity index (χ2v) is 88.3. The molecule has 0 unspecified atom stereocenters. The summed E-state index contributed by atoms with van der Waals surface area (Å²) in [5.41, 5.74) is 0. The number of rotatable bonds is 1. The van der Waals surface area contributed by atoms with Crippen molar-refractivity contribution in [2.24, 2.45) is 0 Å². The van der Waals surface area contributed by atoms with Gasteiger partial charge in [-0.2, -0.15) is 0 Å². The third-order valence-corrected chi connectivity index (χ3v) is 9.98. The highest BCUT2D eigenvalue weighted by Crippen LogP contribution is 3.21. The summed E-state index contributed by atoms with van der Waals surface area (Å²) in [4.78, 5) is 1.42. The molecule has 0 fully saturated rings. The van der Waals surface area contributed by atoms with E-state index in [0.717, 1.165) is 0 Å². The third kappa shape index (κ3) is 4.38. The van der Waals surface area contributed by atoms with Crippen LogP contribution in [0.3, 0.4) is 0 Å². The van der Waals surface area contributed by atoms with Gasteiger partial charge in [0.05, 0.1) is 0 Å². The summed E-state index contributed by atoms with van der Waals surface area (Å²) < 4.78 is -2.08. The second-order valence-electron chi connectivity index (χ2n) is 2.28. The molecule has 0 nitrogen and oxygen atoms in total. The van der Waals surface area contributed by atoms with E-state index in [9.17, 15) is 0 Å². The SMILES string of the molecule is IS(I)(I)(I)(I)c1ccccc1. The van der Waals surface area contributed by atoms with Gasteiger partial charge in [-0.25, -0.2) is 0 Å². The largest absolute Gasteiger partial charge is 0.0622 e. The highest BCUT2D eigenvalue weighted by Gasteiger charge is 2.50. The molecule has 0 saturated carbocycles. The zero-order chi connectivity index (χ0) is 9.52. The lowest BCUT2D eigenvalue weighted by Crippen LogP contribution is -1.92. The normalized spacial score (nSPS) is 18.1. The van der Waals surface area contributed by atoms with Crippen LogP contribution in [0.2, 0.25) is 0 Å². The monoisotopic (exact) mass is 744 g/mol. The second kappa shape index (κ2) is 3.61. The van der Waals surface area contributed by atoms with E-state index in [1.165, 1.54) is 4.90 Å². The van der Waals surface area contributed by atoms with E-state index in [1.807, 2.05) is 0 Å². The molecular weight excluding hydrogens is 739 g/mol. The van der Waals surface area contributed by atoms with Crippen LogP contribution >= 0.6 is 100 Å². The van der Waals surface area contributed by atoms with Crippen LogP contribution in [0.25, 0.3) is 0 Å². The summed E-state index contributed by atoms with van der Waals surface area (Å²) in [5.74, 6) is 0. The smallest absolute Gasteiger partial charge is 0.0161 e. The van der Waals surface area contributed by atoms with Crippen LogP contribution in [0.5, 0.6) is 0 Å². The van der Waals surface area contributed by atoms with Crippen molar-refractivity contribution in [2.45, 2.75) is 4.90 Å². The zero-order valence-electron chi connectivity index (χ0n) is 5.68. The molecule has 1 aromatic rings. The summed E-state index contributed by atoms with van der Waals surface area (Å²) in [6.45, 7) is 0. The molecular formula is C6H5I5S. The highest BCUT2D eigenvalue weighted by molar-refractivity contribution is 14.7. The van der Waals surface area contributed by atoms with Gasteiger partial charge < -0.3 is 0 Å². The topological polar surface area (TPSA) is 0 Å². The van der Waals surface area contributed by atoms with Gasteiger partial charge in [0.15, 0.2) is 0 Å². The van der Waals surface area contributed by atoms with Crippen LogP contribution in [0.15, 0.2) is 35.2 Å². The molecule has 0 amide bonds. The van der Waals surface area contributed by atoms with Crippen molar-refractivity contribution >= 4 is 100 Å². The van der Waals surface area contributed by atoms with E-state index < -0.39 is -5.85 Å². The van der Waals surface area contributed by atoms with E-state index in [0.29, 0.717) is 0 Å². The fourth-order valence-corrected chi connectivity index (χ4v) is 5.75. The van der Waals surface area contributed by atoms with Gasteiger partial charge >= 0.3 is 0 Å². The van der Waals surface area contributed by atoms with Crippen LogP contribution in [-0.2, 0) is 0 Å². The molecule has 6 heteroatoms. The fraction of sp³-hybridized carbons (Fsp3) is 0. The van der Waals surface area contributed by atoms with E-state index in [-0.39, 0.29) is 0 Å². The van der Waals surface area contributed by atoms with Gasteiger partial charge in [0.2, 0.25) is 0 Å². The Hall–Kier alpha value is 3.22. The van der Waals surface area contributed by atoms with Gasteiger partial charge in [-0.15, -0.1) is 0 Å².